The van der Waals surface area contributed by atoms with Gasteiger partial charge < -0.3 is 0 Å². The van der Waals surface area contributed by atoms with Gasteiger partial charge in [0.15, 0.2) is 0 Å². The van der Waals surface area contributed by atoms with Crippen molar-refractivity contribution in [2.75, 3.05) is 0 Å². The Labute approximate surface area is 233 Å². The van der Waals surface area contributed by atoms with Gasteiger partial charge in [-0.1, -0.05) is 157 Å². The number of hydrogen-bond donors (Lipinski definition) is 0. The summed E-state index contributed by atoms with van der Waals surface area (Å²) in [5.74, 6) is 0. The lowest BCUT2D eigenvalue weighted by atomic mass is 9.75. The smallest absolute Gasteiger partial charge is 0.0125 e. The van der Waals surface area contributed by atoms with Crippen molar-refractivity contribution >= 4 is 19.2 Å². The molecule has 0 unspecified atom stereocenters. The van der Waals surface area contributed by atoms with Gasteiger partial charge in [-0.05, 0) is 76.5 Å². The fraction of sp³-hybridized carbons (Fsp3) is 0.667. The molecule has 208 valence electrons. The van der Waals surface area contributed by atoms with Crippen molar-refractivity contribution in [3.05, 3.63) is 57.6 Å². The van der Waals surface area contributed by atoms with E-state index in [0.717, 1.165) is 0 Å². The fourth-order valence-electron chi connectivity index (χ4n) is 4.91. The average molecular weight is 523 g/mol. The second-order valence-corrected chi connectivity index (χ2v) is 18.8. The highest BCUT2D eigenvalue weighted by Crippen LogP contribution is 2.41. The minimum absolute atomic E-state index is 0.0682. The van der Waals surface area contributed by atoms with Crippen molar-refractivity contribution in [1.29, 1.82) is 0 Å². The molecule has 0 aliphatic heterocycles. The zero-order valence-electron chi connectivity index (χ0n) is 27.8. The fourth-order valence-corrected chi connectivity index (χ4v) is 7.49. The predicted octanol–water partition coefficient (Wildman–Crippen LogP) is 10.1. The number of hydrogen-bond acceptors (Lipinski definition) is 0. The summed E-state index contributed by atoms with van der Waals surface area (Å²) in [7, 11) is 0.626. The van der Waals surface area contributed by atoms with Crippen LogP contribution in [0, 0.1) is 0 Å². The van der Waals surface area contributed by atoms with Crippen LogP contribution in [-0.2, 0) is 32.5 Å². The van der Waals surface area contributed by atoms with Gasteiger partial charge in [-0.2, -0.15) is 0 Å². The third kappa shape index (κ3) is 7.50. The van der Waals surface area contributed by atoms with E-state index in [0.29, 0.717) is 8.58 Å². The SMILES string of the molecule is CC(C)(C)c1cc(C(C)(C)C)c(Pc2c(C(C)(C)C)cc(C(C)(C)C)cc2C(C)(C)C)c(C(C)(C)C)c1. The summed E-state index contributed by atoms with van der Waals surface area (Å²) in [6.07, 6.45) is 0. The third-order valence-corrected chi connectivity index (χ3v) is 9.07. The first-order valence-corrected chi connectivity index (χ1v) is 15.3. The predicted molar refractivity (Wildman–Crippen MR) is 173 cm³/mol. The van der Waals surface area contributed by atoms with Crippen molar-refractivity contribution in [2.45, 2.75) is 157 Å². The zero-order valence-corrected chi connectivity index (χ0v) is 28.8. The van der Waals surface area contributed by atoms with E-state index in [4.69, 9.17) is 0 Å². The molecular formula is C36H59P. The summed E-state index contributed by atoms with van der Waals surface area (Å²) in [5.41, 5.74) is 9.47. The first-order chi connectivity index (χ1) is 16.1. The highest BCUT2D eigenvalue weighted by Gasteiger charge is 2.33. The van der Waals surface area contributed by atoms with Gasteiger partial charge >= 0.3 is 0 Å². The molecule has 0 aromatic heterocycles. The summed E-state index contributed by atoms with van der Waals surface area (Å²) in [4.78, 5) is 0. The molecule has 0 N–H and O–H groups in total. The molecule has 0 spiro atoms. The van der Waals surface area contributed by atoms with Gasteiger partial charge in [0.1, 0.15) is 0 Å². The van der Waals surface area contributed by atoms with Gasteiger partial charge in [-0.25, -0.2) is 0 Å². The van der Waals surface area contributed by atoms with Crippen LogP contribution in [0.5, 0.6) is 0 Å². The van der Waals surface area contributed by atoms with Gasteiger partial charge in [-0.3, -0.25) is 0 Å². The van der Waals surface area contributed by atoms with Crippen LogP contribution in [-0.4, -0.2) is 0 Å². The molecule has 0 atom stereocenters. The maximum absolute atomic E-state index is 2.54. The second-order valence-electron chi connectivity index (χ2n) is 17.5. The van der Waals surface area contributed by atoms with E-state index < -0.39 is 0 Å². The Morgan fingerprint density at radius 2 is 0.514 bits per heavy atom. The molecule has 2 aromatic rings. The van der Waals surface area contributed by atoms with Crippen molar-refractivity contribution < 1.29 is 0 Å². The van der Waals surface area contributed by atoms with E-state index in [-0.39, 0.29) is 32.5 Å². The highest BCUT2D eigenvalue weighted by atomic mass is 31.1. The molecule has 0 amide bonds. The van der Waals surface area contributed by atoms with Gasteiger partial charge in [0.2, 0.25) is 0 Å². The monoisotopic (exact) mass is 522 g/mol. The molecule has 0 saturated carbocycles. The minimum atomic E-state index is 0.0682. The Morgan fingerprint density at radius 1 is 0.324 bits per heavy atom. The van der Waals surface area contributed by atoms with Gasteiger partial charge in [-0.15, -0.1) is 0 Å². The molecule has 0 nitrogen and oxygen atoms in total. The minimum Gasteiger partial charge on any atom is -0.0578 e. The molecule has 0 saturated heterocycles. The number of benzene rings is 2. The normalized spacial score (nSPS) is 14.3. The van der Waals surface area contributed by atoms with Crippen molar-refractivity contribution in [1.82, 2.24) is 0 Å². The Hall–Kier alpha value is -1.13. The molecule has 2 rings (SSSR count). The molecule has 0 radical (unpaired) electrons. The van der Waals surface area contributed by atoms with Crippen LogP contribution in [0.1, 0.15) is 158 Å². The van der Waals surface area contributed by atoms with Crippen LogP contribution in [0.25, 0.3) is 0 Å². The van der Waals surface area contributed by atoms with E-state index in [2.05, 4.69) is 149 Å². The van der Waals surface area contributed by atoms with E-state index in [1.54, 1.807) is 10.6 Å². The quantitative estimate of drug-likeness (QED) is 0.344. The van der Waals surface area contributed by atoms with Crippen molar-refractivity contribution in [3.8, 4) is 0 Å². The molecule has 0 heterocycles. The highest BCUT2D eigenvalue weighted by molar-refractivity contribution is 7.56. The van der Waals surface area contributed by atoms with E-state index in [1.165, 1.54) is 33.4 Å². The lowest BCUT2D eigenvalue weighted by molar-refractivity contribution is 0.553. The molecule has 0 aliphatic carbocycles. The largest absolute Gasteiger partial charge is 0.0578 e. The lowest BCUT2D eigenvalue weighted by Gasteiger charge is -2.37. The Kier molecular flexibility index (Phi) is 8.50. The van der Waals surface area contributed by atoms with Crippen LogP contribution >= 0.6 is 8.58 Å². The standard InChI is InChI=1S/C36H59P/c1-31(2,3)23-19-25(33(7,8)9)29(26(20-23)34(10,11)12)37-30-27(35(13,14)15)21-24(32(4,5)6)22-28(30)36(16,17)18/h19-22,37H,1-18H3. The Bertz CT molecular complexity index is 957. The van der Waals surface area contributed by atoms with Crippen LogP contribution < -0.4 is 10.6 Å². The maximum atomic E-state index is 2.54. The molecule has 0 bridgehead atoms. The van der Waals surface area contributed by atoms with Crippen LogP contribution in [0.4, 0.5) is 0 Å². The second kappa shape index (κ2) is 9.81. The lowest BCUT2D eigenvalue weighted by Crippen LogP contribution is -2.35. The van der Waals surface area contributed by atoms with Gasteiger partial charge in [0.05, 0.1) is 0 Å². The first kappa shape index (κ1) is 32.1. The van der Waals surface area contributed by atoms with E-state index >= 15 is 0 Å². The van der Waals surface area contributed by atoms with Crippen molar-refractivity contribution in [3.63, 3.8) is 0 Å². The number of rotatable bonds is 2. The molecule has 0 fully saturated rings. The average Bonchev–Trinajstić information content (AvgIpc) is 2.62. The maximum Gasteiger partial charge on any atom is -0.0125 e. The zero-order chi connectivity index (χ0) is 29.2. The van der Waals surface area contributed by atoms with Crippen LogP contribution in [0.15, 0.2) is 24.3 Å². The Morgan fingerprint density at radius 3 is 0.649 bits per heavy atom. The first-order valence-electron chi connectivity index (χ1n) is 14.3. The topological polar surface area (TPSA) is 0 Å². The Balaban J connectivity index is 3.12. The van der Waals surface area contributed by atoms with Gasteiger partial charge in [0.25, 0.3) is 0 Å². The molecular weight excluding hydrogens is 463 g/mol. The van der Waals surface area contributed by atoms with E-state index in [1.807, 2.05) is 0 Å². The summed E-state index contributed by atoms with van der Waals surface area (Å²) in [6, 6.07) is 10.1. The molecule has 37 heavy (non-hydrogen) atoms. The van der Waals surface area contributed by atoms with Crippen molar-refractivity contribution in [2.24, 2.45) is 0 Å². The summed E-state index contributed by atoms with van der Waals surface area (Å²) >= 11 is 0. The van der Waals surface area contributed by atoms with Gasteiger partial charge in [0, 0.05) is 0 Å². The molecule has 2 aromatic carbocycles. The summed E-state index contributed by atoms with van der Waals surface area (Å²) in [6.45, 7) is 42.9. The van der Waals surface area contributed by atoms with Crippen LogP contribution in [0.3, 0.4) is 0 Å². The molecule has 0 aliphatic rings. The van der Waals surface area contributed by atoms with Crippen LogP contribution in [0.2, 0.25) is 0 Å². The van der Waals surface area contributed by atoms with E-state index in [9.17, 15) is 0 Å². The summed E-state index contributed by atoms with van der Waals surface area (Å²) < 4.78 is 0. The molecule has 1 heteroatoms. The third-order valence-electron chi connectivity index (χ3n) is 7.49. The summed E-state index contributed by atoms with van der Waals surface area (Å²) in [5, 5.41) is 3.13.